The second kappa shape index (κ2) is 6.12. The summed E-state index contributed by atoms with van der Waals surface area (Å²) in [6.07, 6.45) is 5.10. The molecule has 5 nitrogen and oxygen atoms in total. The maximum atomic E-state index is 4.41. The molecule has 0 fully saturated rings. The summed E-state index contributed by atoms with van der Waals surface area (Å²) in [5, 5.41) is 7.90. The highest BCUT2D eigenvalue weighted by molar-refractivity contribution is 5.38. The van der Waals surface area contributed by atoms with Crippen molar-refractivity contribution in [2.75, 3.05) is 20.6 Å². The number of nitrogens with one attached hydrogen (secondary N) is 1. The van der Waals surface area contributed by atoms with Crippen LogP contribution >= 0.6 is 0 Å². The third kappa shape index (κ3) is 4.01. The van der Waals surface area contributed by atoms with Gasteiger partial charge in [-0.3, -0.25) is 0 Å². The lowest BCUT2D eigenvalue weighted by atomic mass is 10.2. The van der Waals surface area contributed by atoms with Crippen molar-refractivity contribution in [2.45, 2.75) is 32.9 Å². The molecule has 19 heavy (non-hydrogen) atoms. The lowest BCUT2D eigenvalue weighted by Crippen LogP contribution is -2.29. The van der Waals surface area contributed by atoms with Gasteiger partial charge < -0.3 is 10.2 Å². The second-order valence-electron chi connectivity index (χ2n) is 5.42. The van der Waals surface area contributed by atoms with Crippen molar-refractivity contribution in [3.8, 4) is 0 Å². The lowest BCUT2D eigenvalue weighted by molar-refractivity contribution is 0.365. The molecule has 0 aliphatic heterocycles. The van der Waals surface area contributed by atoms with E-state index in [4.69, 9.17) is 0 Å². The molecule has 0 aliphatic carbocycles. The molecule has 1 N–H and O–H groups in total. The molecule has 0 amide bonds. The predicted molar refractivity (Wildman–Crippen MR) is 77.2 cm³/mol. The molecule has 0 spiro atoms. The van der Waals surface area contributed by atoms with Gasteiger partial charge in [-0.25, -0.2) is 9.50 Å². The third-order valence-electron chi connectivity index (χ3n) is 3.15. The van der Waals surface area contributed by atoms with Gasteiger partial charge >= 0.3 is 0 Å². The van der Waals surface area contributed by atoms with E-state index >= 15 is 0 Å². The Morgan fingerprint density at radius 2 is 2.21 bits per heavy atom. The van der Waals surface area contributed by atoms with Gasteiger partial charge in [0.2, 0.25) is 0 Å². The first kappa shape index (κ1) is 14.0. The highest BCUT2D eigenvalue weighted by Crippen LogP contribution is 2.05. The van der Waals surface area contributed by atoms with Crippen molar-refractivity contribution in [1.29, 1.82) is 0 Å². The van der Waals surface area contributed by atoms with Crippen LogP contribution in [0.15, 0.2) is 18.5 Å². The Morgan fingerprint density at radius 3 is 2.95 bits per heavy atom. The molecule has 0 radical (unpaired) electrons. The molecule has 2 aromatic heterocycles. The minimum Gasteiger partial charge on any atom is -0.310 e. The van der Waals surface area contributed by atoms with Gasteiger partial charge in [0.25, 0.3) is 0 Å². The van der Waals surface area contributed by atoms with Gasteiger partial charge in [-0.05, 0) is 40.9 Å². The molecule has 104 valence electrons. The number of aryl methyl sites for hydroxylation is 1. The summed E-state index contributed by atoms with van der Waals surface area (Å²) < 4.78 is 1.84. The number of hydrogen-bond donors (Lipinski definition) is 1. The minimum atomic E-state index is 0.498. The average molecular weight is 261 g/mol. The van der Waals surface area contributed by atoms with Crippen LogP contribution in [0.25, 0.3) is 5.65 Å². The van der Waals surface area contributed by atoms with E-state index in [9.17, 15) is 0 Å². The summed E-state index contributed by atoms with van der Waals surface area (Å²) in [6, 6.07) is 2.48. The van der Waals surface area contributed by atoms with Gasteiger partial charge in [-0.1, -0.05) is 0 Å². The van der Waals surface area contributed by atoms with E-state index in [0.29, 0.717) is 6.04 Å². The van der Waals surface area contributed by atoms with Crippen molar-refractivity contribution in [2.24, 2.45) is 0 Å². The van der Waals surface area contributed by atoms with E-state index in [1.165, 1.54) is 0 Å². The summed E-state index contributed by atoms with van der Waals surface area (Å²) in [5.74, 6) is 0. The summed E-state index contributed by atoms with van der Waals surface area (Å²) in [7, 11) is 4.20. The van der Waals surface area contributed by atoms with E-state index in [-0.39, 0.29) is 0 Å². The number of hydrogen-bond acceptors (Lipinski definition) is 4. The number of fused-ring (bicyclic) bond motifs is 1. The molecular weight excluding hydrogens is 238 g/mol. The largest absolute Gasteiger partial charge is 0.310 e. The normalized spacial score (nSPS) is 13.3. The Bertz CT molecular complexity index is 532. The Morgan fingerprint density at radius 1 is 1.42 bits per heavy atom. The molecular formula is C14H23N5. The standard InChI is InChI=1S/C14H23N5/c1-11(5-6-18(3)4)15-8-13-9-16-14-7-12(2)17-19(14)10-13/h7,9-11,15H,5-6,8H2,1-4H3. The van der Waals surface area contributed by atoms with Gasteiger partial charge in [-0.15, -0.1) is 0 Å². The zero-order chi connectivity index (χ0) is 13.8. The van der Waals surface area contributed by atoms with Crippen molar-refractivity contribution in [3.05, 3.63) is 29.7 Å². The predicted octanol–water partition coefficient (Wildman–Crippen LogP) is 1.47. The van der Waals surface area contributed by atoms with Gasteiger partial charge in [0, 0.05) is 36.6 Å². The maximum absolute atomic E-state index is 4.41. The van der Waals surface area contributed by atoms with Crippen LogP contribution in [-0.4, -0.2) is 46.2 Å². The fourth-order valence-corrected chi connectivity index (χ4v) is 1.97. The molecule has 5 heteroatoms. The Kier molecular flexibility index (Phi) is 4.50. The monoisotopic (exact) mass is 261 g/mol. The topological polar surface area (TPSA) is 45.5 Å². The molecule has 0 saturated carbocycles. The number of aromatic nitrogens is 3. The summed E-state index contributed by atoms with van der Waals surface area (Å²) in [4.78, 5) is 6.61. The van der Waals surface area contributed by atoms with Crippen LogP contribution < -0.4 is 5.32 Å². The van der Waals surface area contributed by atoms with E-state index < -0.39 is 0 Å². The molecule has 0 bridgehead atoms. The second-order valence-corrected chi connectivity index (χ2v) is 5.42. The number of nitrogens with zero attached hydrogens (tertiary/aromatic N) is 4. The minimum absolute atomic E-state index is 0.498. The Balaban J connectivity index is 1.90. The molecule has 2 heterocycles. The van der Waals surface area contributed by atoms with E-state index in [0.717, 1.165) is 36.4 Å². The molecule has 2 rings (SSSR count). The van der Waals surface area contributed by atoms with Crippen LogP contribution in [0.4, 0.5) is 0 Å². The zero-order valence-corrected chi connectivity index (χ0v) is 12.2. The van der Waals surface area contributed by atoms with Crippen molar-refractivity contribution in [3.63, 3.8) is 0 Å². The highest BCUT2D eigenvalue weighted by Gasteiger charge is 2.04. The summed E-state index contributed by atoms with van der Waals surface area (Å²) in [6.45, 7) is 6.13. The Hall–Kier alpha value is -1.46. The zero-order valence-electron chi connectivity index (χ0n) is 12.2. The smallest absolute Gasteiger partial charge is 0.155 e. The molecule has 0 aliphatic rings. The Labute approximate surface area is 114 Å². The lowest BCUT2D eigenvalue weighted by Gasteiger charge is -2.16. The van der Waals surface area contributed by atoms with Crippen LogP contribution in [0, 0.1) is 6.92 Å². The van der Waals surface area contributed by atoms with Gasteiger partial charge in [0.1, 0.15) is 0 Å². The van der Waals surface area contributed by atoms with E-state index in [1.807, 2.05) is 29.9 Å². The fraction of sp³-hybridized carbons (Fsp3) is 0.571. The summed E-state index contributed by atoms with van der Waals surface area (Å²) in [5.41, 5.74) is 3.06. The van der Waals surface area contributed by atoms with E-state index in [1.54, 1.807) is 0 Å². The van der Waals surface area contributed by atoms with Gasteiger partial charge in [0.05, 0.1) is 5.69 Å². The first-order chi connectivity index (χ1) is 9.04. The van der Waals surface area contributed by atoms with Gasteiger partial charge in [-0.2, -0.15) is 5.10 Å². The van der Waals surface area contributed by atoms with Crippen molar-refractivity contribution in [1.82, 2.24) is 24.8 Å². The van der Waals surface area contributed by atoms with Crippen LogP contribution in [-0.2, 0) is 6.54 Å². The molecule has 0 saturated heterocycles. The first-order valence-electron chi connectivity index (χ1n) is 6.73. The fourth-order valence-electron chi connectivity index (χ4n) is 1.97. The highest BCUT2D eigenvalue weighted by atomic mass is 15.2. The van der Waals surface area contributed by atoms with Crippen LogP contribution in [0.5, 0.6) is 0 Å². The van der Waals surface area contributed by atoms with Crippen LogP contribution in [0.2, 0.25) is 0 Å². The number of rotatable bonds is 6. The third-order valence-corrected chi connectivity index (χ3v) is 3.15. The average Bonchev–Trinajstić information content (AvgIpc) is 2.73. The maximum Gasteiger partial charge on any atom is 0.155 e. The van der Waals surface area contributed by atoms with Crippen LogP contribution in [0.1, 0.15) is 24.6 Å². The molecule has 2 aromatic rings. The van der Waals surface area contributed by atoms with E-state index in [2.05, 4.69) is 41.3 Å². The molecule has 0 aromatic carbocycles. The van der Waals surface area contributed by atoms with Crippen LogP contribution in [0.3, 0.4) is 0 Å². The van der Waals surface area contributed by atoms with Gasteiger partial charge in [0.15, 0.2) is 5.65 Å². The molecule has 1 unspecified atom stereocenters. The SMILES string of the molecule is Cc1cc2ncc(CNC(C)CCN(C)C)cn2n1. The quantitative estimate of drug-likeness (QED) is 0.855. The van der Waals surface area contributed by atoms with Crippen molar-refractivity contribution < 1.29 is 0 Å². The first-order valence-corrected chi connectivity index (χ1v) is 6.73. The summed E-state index contributed by atoms with van der Waals surface area (Å²) >= 11 is 0. The van der Waals surface area contributed by atoms with Crippen molar-refractivity contribution >= 4 is 5.65 Å². The molecule has 1 atom stereocenters.